The Labute approximate surface area is 164 Å². The molecule has 0 bridgehead atoms. The zero-order valence-electron chi connectivity index (χ0n) is 16.5. The van der Waals surface area contributed by atoms with E-state index >= 15 is 0 Å². The molecular weight excluding hydrogens is 337 g/mol. The van der Waals surface area contributed by atoms with Gasteiger partial charge in [-0.15, -0.1) is 12.3 Å². The minimum Gasteiger partial charge on any atom is -0.382 e. The molecule has 0 atom stereocenters. The third-order valence-electron chi connectivity index (χ3n) is 4.15. The molecule has 3 N–H and O–H groups in total. The van der Waals surface area contributed by atoms with Crippen molar-refractivity contribution in [1.82, 2.24) is 5.32 Å². The van der Waals surface area contributed by atoms with Crippen LogP contribution in [0.15, 0.2) is 54.4 Å². The second-order valence-electron chi connectivity index (χ2n) is 6.41. The first-order chi connectivity index (χ1) is 12.9. The Kier molecular flexibility index (Phi) is 9.85. The molecule has 0 unspecified atom stereocenters. The molecule has 27 heavy (non-hydrogen) atoms. The highest BCUT2D eigenvalue weighted by molar-refractivity contribution is 6.13. The van der Waals surface area contributed by atoms with Gasteiger partial charge < -0.3 is 10.6 Å². The molecule has 3 nitrogen and oxygen atoms in total. The normalized spacial score (nSPS) is 14.9. The van der Waals surface area contributed by atoms with Crippen LogP contribution < -0.4 is 10.6 Å². The van der Waals surface area contributed by atoms with E-state index in [1.165, 1.54) is 6.08 Å². The van der Waals surface area contributed by atoms with Crippen molar-refractivity contribution < 1.29 is 5.82 Å². The Morgan fingerprint density at radius 3 is 2.59 bits per heavy atom. The predicted molar refractivity (Wildman–Crippen MR) is 117 cm³/mol. The number of hydrogen-bond donors (Lipinski definition) is 3. The van der Waals surface area contributed by atoms with Crippen LogP contribution >= 0.6 is 0 Å². The van der Waals surface area contributed by atoms with E-state index in [-0.39, 0.29) is 1.43 Å². The van der Waals surface area contributed by atoms with Gasteiger partial charge >= 0.3 is 0 Å². The van der Waals surface area contributed by atoms with E-state index in [2.05, 4.69) is 35.6 Å². The average molecular weight is 370 g/mol. The summed E-state index contributed by atoms with van der Waals surface area (Å²) in [5.74, 6) is 1.70. The van der Waals surface area contributed by atoms with Crippen molar-refractivity contribution in [2.45, 2.75) is 39.7 Å². The highest BCUT2D eigenvalue weighted by Crippen LogP contribution is 2.21. The fourth-order valence-corrected chi connectivity index (χ4v) is 2.94. The molecule has 146 valence electrons. The van der Waals surface area contributed by atoms with E-state index in [1.807, 2.05) is 26.0 Å². The maximum atomic E-state index is 13.2. The average Bonchev–Trinajstić information content (AvgIpc) is 2.62. The van der Waals surface area contributed by atoms with Crippen LogP contribution in [0.4, 0.5) is 10.1 Å². The van der Waals surface area contributed by atoms with Gasteiger partial charge in [-0.25, -0.2) is 4.39 Å². The molecule has 1 aliphatic rings. The topological polar surface area (TPSA) is 47.9 Å². The van der Waals surface area contributed by atoms with Crippen molar-refractivity contribution in [2.24, 2.45) is 0 Å². The number of aryl methyl sites for hydroxylation is 1. The lowest BCUT2D eigenvalue weighted by atomic mass is 9.96. The first-order valence-electron chi connectivity index (χ1n) is 9.16. The Morgan fingerprint density at radius 2 is 2.07 bits per heavy atom. The van der Waals surface area contributed by atoms with Crippen molar-refractivity contribution in [3.05, 3.63) is 65.5 Å². The number of piperidine rings is 1. The molecule has 1 aromatic carbocycles. The molecule has 0 saturated carbocycles. The number of anilines is 1. The van der Waals surface area contributed by atoms with Crippen LogP contribution in [0, 0.1) is 24.7 Å². The maximum Gasteiger partial charge on any atom is 0.116 e. The number of halogens is 1. The van der Waals surface area contributed by atoms with Crippen molar-refractivity contribution in [3.8, 4) is 12.3 Å². The van der Waals surface area contributed by atoms with Crippen LogP contribution in [0.1, 0.15) is 39.2 Å². The molecule has 1 aromatic rings. The number of nitrogens with one attached hydrogen (secondary N) is 3. The summed E-state index contributed by atoms with van der Waals surface area (Å²) in [5.41, 5.74) is 3.70. The summed E-state index contributed by atoms with van der Waals surface area (Å²) in [4.78, 5) is 0. The van der Waals surface area contributed by atoms with Gasteiger partial charge in [0.1, 0.15) is 5.83 Å². The van der Waals surface area contributed by atoms with E-state index < -0.39 is 5.83 Å². The van der Waals surface area contributed by atoms with Crippen LogP contribution in [-0.2, 0) is 0 Å². The van der Waals surface area contributed by atoms with E-state index in [9.17, 15) is 4.39 Å². The summed E-state index contributed by atoms with van der Waals surface area (Å²) in [5, 5.41) is 15.3. The molecule has 0 radical (unpaired) electrons. The van der Waals surface area contributed by atoms with Gasteiger partial charge in [-0.2, -0.15) is 0 Å². The van der Waals surface area contributed by atoms with Gasteiger partial charge in [0.25, 0.3) is 0 Å². The lowest BCUT2D eigenvalue weighted by Crippen LogP contribution is -2.35. The fourth-order valence-electron chi connectivity index (χ4n) is 2.94. The summed E-state index contributed by atoms with van der Waals surface area (Å²) in [7, 11) is 0. The standard InChI is InChI=1S/C20H26FN3.C3H4.H2/c1-4-5-16(13-15(3)21)20(22)19-7-6-18(12-14(19)2)24-17-8-10-23-11-9-17;1-3-2;/h4-7,12-13,17,22-24H,3,8-11H2,1-2H3;1H,2H3;1H/b5-4-,16-13+,22-20?;;. The number of hydrogen-bond acceptors (Lipinski definition) is 3. The third-order valence-corrected chi connectivity index (χ3v) is 4.15. The van der Waals surface area contributed by atoms with Crippen LogP contribution in [-0.4, -0.2) is 24.8 Å². The summed E-state index contributed by atoms with van der Waals surface area (Å²) < 4.78 is 13.2. The molecule has 1 fully saturated rings. The maximum absolute atomic E-state index is 13.2. The zero-order valence-corrected chi connectivity index (χ0v) is 16.5. The fraction of sp³-hybridized carbons (Fsp3) is 0.348. The smallest absolute Gasteiger partial charge is 0.116 e. The zero-order chi connectivity index (χ0) is 20.2. The highest BCUT2D eigenvalue weighted by Gasteiger charge is 2.14. The molecule has 0 amide bonds. The molecule has 0 spiro atoms. The highest BCUT2D eigenvalue weighted by atomic mass is 19.1. The quantitative estimate of drug-likeness (QED) is 0.357. The van der Waals surface area contributed by atoms with Gasteiger partial charge in [-0.05, 0) is 70.5 Å². The van der Waals surface area contributed by atoms with Crippen LogP contribution in [0.5, 0.6) is 0 Å². The molecule has 1 aliphatic heterocycles. The largest absolute Gasteiger partial charge is 0.382 e. The minimum atomic E-state index is -0.547. The van der Waals surface area contributed by atoms with Crippen LogP contribution in [0.2, 0.25) is 0 Å². The molecule has 2 rings (SSSR count). The third kappa shape index (κ3) is 7.64. The van der Waals surface area contributed by atoms with E-state index in [0.717, 1.165) is 42.7 Å². The van der Waals surface area contributed by atoms with Crippen LogP contribution in [0.25, 0.3) is 0 Å². The Balaban J connectivity index is 0.00000171. The van der Waals surface area contributed by atoms with Gasteiger partial charge in [0.05, 0.1) is 5.71 Å². The molecule has 4 heteroatoms. The van der Waals surface area contributed by atoms with Crippen molar-refractivity contribution in [2.75, 3.05) is 18.4 Å². The summed E-state index contributed by atoms with van der Waals surface area (Å²) >= 11 is 0. The number of terminal acetylenes is 1. The SMILES string of the molecule is C#CC.C=C(F)/C=C(\C=C/C)C(=N)c1ccc(NC2CCNCC2)cc1C.[HH]. The van der Waals surface area contributed by atoms with E-state index in [4.69, 9.17) is 5.41 Å². The summed E-state index contributed by atoms with van der Waals surface area (Å²) in [6.07, 6.45) is 11.6. The monoisotopic (exact) mass is 369 g/mol. The van der Waals surface area contributed by atoms with Crippen molar-refractivity contribution >= 4 is 11.4 Å². The number of benzene rings is 1. The van der Waals surface area contributed by atoms with Crippen LogP contribution in [0.3, 0.4) is 0 Å². The Bertz CT molecular complexity index is 754. The summed E-state index contributed by atoms with van der Waals surface area (Å²) in [6, 6.07) is 6.48. The van der Waals surface area contributed by atoms with E-state index in [1.54, 1.807) is 19.1 Å². The van der Waals surface area contributed by atoms with E-state index in [0.29, 0.717) is 17.3 Å². The minimum absolute atomic E-state index is 0. The van der Waals surface area contributed by atoms with Gasteiger partial charge in [-0.1, -0.05) is 24.8 Å². The molecule has 0 aromatic heterocycles. The van der Waals surface area contributed by atoms with Gasteiger partial charge in [0, 0.05) is 24.3 Å². The van der Waals surface area contributed by atoms with Gasteiger partial charge in [0.15, 0.2) is 0 Å². The molecular formula is C23H32FN3. The first kappa shape index (κ1) is 22.4. The lowest BCUT2D eigenvalue weighted by molar-refractivity contribution is 0.479. The second kappa shape index (κ2) is 11.9. The number of rotatable bonds is 6. The Morgan fingerprint density at radius 1 is 1.44 bits per heavy atom. The van der Waals surface area contributed by atoms with Gasteiger partial charge in [0.2, 0.25) is 0 Å². The van der Waals surface area contributed by atoms with Crippen molar-refractivity contribution in [1.29, 1.82) is 5.41 Å². The number of allylic oxidation sites excluding steroid dienone is 5. The molecule has 1 saturated heterocycles. The Hall–Kier alpha value is -2.64. The lowest BCUT2D eigenvalue weighted by Gasteiger charge is -2.25. The molecule has 1 heterocycles. The van der Waals surface area contributed by atoms with Gasteiger partial charge in [-0.3, -0.25) is 5.41 Å². The van der Waals surface area contributed by atoms with Crippen molar-refractivity contribution in [3.63, 3.8) is 0 Å². The predicted octanol–water partition coefficient (Wildman–Crippen LogP) is 5.40. The summed E-state index contributed by atoms with van der Waals surface area (Å²) in [6.45, 7) is 10.8. The second-order valence-corrected chi connectivity index (χ2v) is 6.41. The first-order valence-corrected chi connectivity index (χ1v) is 9.16. The molecule has 0 aliphatic carbocycles.